The molecule has 3 aromatic rings. The topological polar surface area (TPSA) is 106 Å². The molecule has 0 atom stereocenters. The third-order valence-corrected chi connectivity index (χ3v) is 4.72. The molecule has 0 saturated heterocycles. The van der Waals surface area contributed by atoms with Gasteiger partial charge < -0.3 is 10.5 Å². The normalized spacial score (nSPS) is 11.5. The van der Waals surface area contributed by atoms with Gasteiger partial charge in [-0.05, 0) is 31.2 Å². The van der Waals surface area contributed by atoms with Gasteiger partial charge in [0.1, 0.15) is 11.6 Å². The Kier molecular flexibility index (Phi) is 6.05. The molecule has 7 heteroatoms. The van der Waals surface area contributed by atoms with E-state index in [2.05, 4.69) is 20.9 Å². The molecule has 0 unspecified atom stereocenters. The van der Waals surface area contributed by atoms with Gasteiger partial charge in [0, 0.05) is 21.1 Å². The van der Waals surface area contributed by atoms with E-state index in [4.69, 9.17) is 15.7 Å². The van der Waals surface area contributed by atoms with Crippen LogP contribution < -0.4 is 5.73 Å². The number of esters is 1. The summed E-state index contributed by atoms with van der Waals surface area (Å²) >= 11 is 3.40. The minimum Gasteiger partial charge on any atom is -0.454 e. The van der Waals surface area contributed by atoms with Crippen LogP contribution in [0.4, 0.5) is 0 Å². The van der Waals surface area contributed by atoms with Crippen molar-refractivity contribution in [1.29, 1.82) is 5.26 Å². The van der Waals surface area contributed by atoms with Gasteiger partial charge in [-0.25, -0.2) is 9.78 Å². The fourth-order valence-electron chi connectivity index (χ4n) is 2.76. The fraction of sp³-hybridized carbons (Fsp3) is 0.0909. The lowest BCUT2D eigenvalue weighted by Gasteiger charge is -2.10. The number of aromatic nitrogens is 1. The minimum absolute atomic E-state index is 0.0837. The highest BCUT2D eigenvalue weighted by molar-refractivity contribution is 9.10. The summed E-state index contributed by atoms with van der Waals surface area (Å²) in [6, 6.07) is 18.1. The third kappa shape index (κ3) is 4.50. The number of ketones is 1. The molecule has 144 valence electrons. The van der Waals surface area contributed by atoms with Crippen molar-refractivity contribution in [3.05, 3.63) is 75.9 Å². The molecule has 1 heterocycles. The second kappa shape index (κ2) is 8.67. The molecular weight excluding hydrogens is 434 g/mol. The van der Waals surface area contributed by atoms with Gasteiger partial charge in [-0.1, -0.05) is 46.3 Å². The number of allylic oxidation sites excluding steroid dienone is 1. The number of hydrogen-bond acceptors (Lipinski definition) is 6. The average molecular weight is 450 g/mol. The van der Waals surface area contributed by atoms with Crippen LogP contribution in [0.1, 0.15) is 17.3 Å². The largest absolute Gasteiger partial charge is 0.454 e. The van der Waals surface area contributed by atoms with Crippen LogP contribution in [0.2, 0.25) is 0 Å². The van der Waals surface area contributed by atoms with Gasteiger partial charge in [-0.2, -0.15) is 5.26 Å². The van der Waals surface area contributed by atoms with E-state index in [1.54, 1.807) is 30.3 Å². The Morgan fingerprint density at radius 1 is 1.17 bits per heavy atom. The highest BCUT2D eigenvalue weighted by Crippen LogP contribution is 2.26. The van der Waals surface area contributed by atoms with E-state index < -0.39 is 18.4 Å². The van der Waals surface area contributed by atoms with E-state index >= 15 is 0 Å². The first kappa shape index (κ1) is 20.2. The first-order chi connectivity index (χ1) is 13.9. The predicted octanol–water partition coefficient (Wildman–Crippen LogP) is 4.15. The number of para-hydroxylation sites is 1. The molecule has 0 radical (unpaired) electrons. The van der Waals surface area contributed by atoms with Crippen molar-refractivity contribution in [3.8, 4) is 17.3 Å². The van der Waals surface area contributed by atoms with Crippen LogP contribution in [0, 0.1) is 11.3 Å². The summed E-state index contributed by atoms with van der Waals surface area (Å²) in [4.78, 5) is 29.4. The molecular formula is C22H16BrN3O3. The molecule has 2 aromatic carbocycles. The number of nitrogens with zero attached hydrogens (tertiary/aromatic N) is 2. The minimum atomic E-state index is -0.678. The summed E-state index contributed by atoms with van der Waals surface area (Å²) in [5.41, 5.74) is 7.73. The van der Waals surface area contributed by atoms with Gasteiger partial charge in [0.15, 0.2) is 6.61 Å². The summed E-state index contributed by atoms with van der Waals surface area (Å²) in [6.45, 7) is 0.875. The first-order valence-corrected chi connectivity index (χ1v) is 9.42. The van der Waals surface area contributed by atoms with Crippen LogP contribution in [0.15, 0.2) is 70.3 Å². The van der Waals surface area contributed by atoms with Gasteiger partial charge in [-0.3, -0.25) is 4.79 Å². The van der Waals surface area contributed by atoms with Crippen molar-refractivity contribution in [2.75, 3.05) is 6.61 Å². The van der Waals surface area contributed by atoms with Crippen LogP contribution in [0.3, 0.4) is 0 Å². The van der Waals surface area contributed by atoms with Crippen LogP contribution in [0.25, 0.3) is 22.2 Å². The number of Topliss-reactive ketones (excluding diaryl/α,β-unsaturated/α-hetero) is 1. The molecule has 0 fully saturated rings. The van der Waals surface area contributed by atoms with E-state index in [1.165, 1.54) is 6.92 Å². The van der Waals surface area contributed by atoms with Crippen LogP contribution in [-0.4, -0.2) is 23.3 Å². The number of halogens is 1. The van der Waals surface area contributed by atoms with Crippen molar-refractivity contribution in [3.63, 3.8) is 0 Å². The van der Waals surface area contributed by atoms with E-state index in [9.17, 15) is 9.59 Å². The van der Waals surface area contributed by atoms with Crippen LogP contribution in [-0.2, 0) is 9.53 Å². The maximum absolute atomic E-state index is 12.7. The van der Waals surface area contributed by atoms with Gasteiger partial charge in [0.2, 0.25) is 5.78 Å². The zero-order valence-electron chi connectivity index (χ0n) is 15.5. The molecule has 29 heavy (non-hydrogen) atoms. The summed E-state index contributed by atoms with van der Waals surface area (Å²) in [6.07, 6.45) is 0. The summed E-state index contributed by atoms with van der Waals surface area (Å²) in [5, 5.41) is 9.62. The average Bonchev–Trinajstić information content (AvgIpc) is 2.72. The summed E-state index contributed by atoms with van der Waals surface area (Å²) in [7, 11) is 0. The predicted molar refractivity (Wildman–Crippen MR) is 113 cm³/mol. The lowest BCUT2D eigenvalue weighted by molar-refractivity contribution is -0.118. The smallest absolute Gasteiger partial charge is 0.339 e. The maximum atomic E-state index is 12.7. The van der Waals surface area contributed by atoms with Gasteiger partial charge in [0.25, 0.3) is 0 Å². The Morgan fingerprint density at radius 2 is 1.86 bits per heavy atom. The number of nitrogens with two attached hydrogens (primary N) is 1. The Balaban J connectivity index is 1.96. The lowest BCUT2D eigenvalue weighted by atomic mass is 10.0. The highest BCUT2D eigenvalue weighted by atomic mass is 79.9. The summed E-state index contributed by atoms with van der Waals surface area (Å²) in [5.74, 6) is -1.32. The number of pyridine rings is 1. The molecule has 0 amide bonds. The van der Waals surface area contributed by atoms with Gasteiger partial charge in [-0.15, -0.1) is 0 Å². The van der Waals surface area contributed by atoms with Crippen LogP contribution >= 0.6 is 15.9 Å². The standard InChI is InChI=1S/C22H16BrN3O3/c1-13(25)18(11-24)21(27)12-29-22(28)17-10-20(14-6-8-15(23)9-7-14)26-19-5-3-2-4-16(17)19/h2-10H,12,25H2,1H3/b18-13+. The number of rotatable bonds is 5. The Hall–Kier alpha value is -3.50. The van der Waals surface area contributed by atoms with Crippen LogP contribution in [0.5, 0.6) is 0 Å². The van der Waals surface area contributed by atoms with E-state index in [-0.39, 0.29) is 16.8 Å². The van der Waals surface area contributed by atoms with Crippen molar-refractivity contribution < 1.29 is 14.3 Å². The number of benzene rings is 2. The van der Waals surface area contributed by atoms with Gasteiger partial charge in [0.05, 0.1) is 16.8 Å². The van der Waals surface area contributed by atoms with Crippen molar-refractivity contribution in [1.82, 2.24) is 4.98 Å². The zero-order valence-corrected chi connectivity index (χ0v) is 17.1. The monoisotopic (exact) mass is 449 g/mol. The molecule has 0 saturated carbocycles. The third-order valence-electron chi connectivity index (χ3n) is 4.20. The van der Waals surface area contributed by atoms with Crippen molar-refractivity contribution >= 4 is 38.6 Å². The Labute approximate surface area is 175 Å². The molecule has 0 aliphatic heterocycles. The second-order valence-corrected chi connectivity index (χ2v) is 7.16. The van der Waals surface area contributed by atoms with E-state index in [1.807, 2.05) is 30.3 Å². The van der Waals surface area contributed by atoms with Crippen molar-refractivity contribution in [2.24, 2.45) is 5.73 Å². The maximum Gasteiger partial charge on any atom is 0.339 e. The van der Waals surface area contributed by atoms with E-state index in [0.717, 1.165) is 10.0 Å². The Morgan fingerprint density at radius 3 is 2.52 bits per heavy atom. The number of carbonyl (C=O) groups excluding carboxylic acids is 2. The number of fused-ring (bicyclic) bond motifs is 1. The molecule has 0 aliphatic rings. The number of hydrogen-bond donors (Lipinski definition) is 1. The SMILES string of the molecule is C/C(N)=C(/C#N)C(=O)COC(=O)c1cc(-c2ccc(Br)cc2)nc2ccccc12. The number of nitriles is 1. The number of ether oxygens (including phenoxy) is 1. The Bertz CT molecular complexity index is 1170. The molecule has 0 aliphatic carbocycles. The molecule has 0 spiro atoms. The first-order valence-electron chi connectivity index (χ1n) is 8.63. The molecule has 1 aromatic heterocycles. The van der Waals surface area contributed by atoms with Crippen molar-refractivity contribution in [2.45, 2.75) is 6.92 Å². The fourth-order valence-corrected chi connectivity index (χ4v) is 3.03. The zero-order chi connectivity index (χ0) is 21.0. The van der Waals surface area contributed by atoms with Gasteiger partial charge >= 0.3 is 5.97 Å². The molecule has 3 rings (SSSR count). The lowest BCUT2D eigenvalue weighted by Crippen LogP contribution is -2.18. The summed E-state index contributed by atoms with van der Waals surface area (Å²) < 4.78 is 6.10. The molecule has 2 N–H and O–H groups in total. The quantitative estimate of drug-likeness (QED) is 0.356. The highest BCUT2D eigenvalue weighted by Gasteiger charge is 2.18. The van der Waals surface area contributed by atoms with E-state index in [0.29, 0.717) is 16.6 Å². The second-order valence-electron chi connectivity index (χ2n) is 6.25. The molecule has 6 nitrogen and oxygen atoms in total. The number of carbonyl (C=O) groups is 2. The molecule has 0 bridgehead atoms.